The number of carbonyl (C=O) groups is 2. The Hall–Kier alpha value is -2.93. The van der Waals surface area contributed by atoms with E-state index in [0.29, 0.717) is 25.2 Å². The molecule has 1 aliphatic rings. The fourth-order valence-corrected chi connectivity index (χ4v) is 4.74. The van der Waals surface area contributed by atoms with Gasteiger partial charge in [-0.3, -0.25) is 9.59 Å². The summed E-state index contributed by atoms with van der Waals surface area (Å²) in [5.74, 6) is -0.613. The SMILES string of the molecule is C=CCN(C(=O)CCS(=O)(=O)c1ccc2c(c1)CCN2C(C)=O)c1ccccc1. The third kappa shape index (κ3) is 4.56. The molecule has 2 amide bonds. The van der Waals surface area contributed by atoms with Crippen LogP contribution < -0.4 is 9.80 Å². The number of fused-ring (bicyclic) bond motifs is 1. The molecule has 2 aromatic carbocycles. The van der Waals surface area contributed by atoms with Gasteiger partial charge in [-0.05, 0) is 42.3 Å². The predicted molar refractivity (Wildman–Crippen MR) is 114 cm³/mol. The highest BCUT2D eigenvalue weighted by atomic mass is 32.2. The van der Waals surface area contributed by atoms with Crippen molar-refractivity contribution >= 4 is 33.0 Å². The maximum atomic E-state index is 12.8. The molecule has 3 rings (SSSR count). The standard InChI is InChI=1S/C22H24N2O4S/c1-3-13-24(19-7-5-4-6-8-19)22(26)12-15-29(27,28)20-9-10-21-18(16-20)11-14-23(21)17(2)25/h3-10,16H,1,11-15H2,2H3. The highest BCUT2D eigenvalue weighted by Crippen LogP contribution is 2.30. The number of amides is 2. The van der Waals surface area contributed by atoms with Gasteiger partial charge in [-0.1, -0.05) is 24.3 Å². The van der Waals surface area contributed by atoms with Crippen molar-refractivity contribution in [2.75, 3.05) is 28.6 Å². The van der Waals surface area contributed by atoms with E-state index in [0.717, 1.165) is 11.3 Å². The summed E-state index contributed by atoms with van der Waals surface area (Å²) >= 11 is 0. The van der Waals surface area contributed by atoms with Crippen LogP contribution in [0.1, 0.15) is 18.9 Å². The molecule has 0 N–H and O–H groups in total. The number of benzene rings is 2. The Labute approximate surface area is 171 Å². The summed E-state index contributed by atoms with van der Waals surface area (Å²) in [6, 6.07) is 13.9. The number of hydrogen-bond acceptors (Lipinski definition) is 4. The van der Waals surface area contributed by atoms with Crippen LogP contribution in [0, 0.1) is 0 Å². The van der Waals surface area contributed by atoms with Gasteiger partial charge in [0.15, 0.2) is 9.84 Å². The topological polar surface area (TPSA) is 74.8 Å². The molecule has 2 aromatic rings. The molecule has 6 nitrogen and oxygen atoms in total. The second kappa shape index (κ2) is 8.61. The number of nitrogens with zero attached hydrogens (tertiary/aromatic N) is 2. The van der Waals surface area contributed by atoms with Crippen LogP contribution in [0.5, 0.6) is 0 Å². The molecule has 0 saturated heterocycles. The zero-order valence-electron chi connectivity index (χ0n) is 16.4. The Morgan fingerprint density at radius 1 is 1.17 bits per heavy atom. The fourth-order valence-electron chi connectivity index (χ4n) is 3.46. The Bertz CT molecular complexity index is 1030. The van der Waals surface area contributed by atoms with Gasteiger partial charge >= 0.3 is 0 Å². The molecule has 0 atom stereocenters. The summed E-state index contributed by atoms with van der Waals surface area (Å²) in [5, 5.41) is 0. The van der Waals surface area contributed by atoms with Crippen LogP contribution in [0.25, 0.3) is 0 Å². The number of carbonyl (C=O) groups excluding carboxylic acids is 2. The molecule has 1 aliphatic heterocycles. The van der Waals surface area contributed by atoms with Crippen LogP contribution in [0.4, 0.5) is 11.4 Å². The second-order valence-electron chi connectivity index (χ2n) is 6.91. The fraction of sp³-hybridized carbons (Fsp3) is 0.273. The zero-order chi connectivity index (χ0) is 21.0. The molecule has 152 valence electrons. The highest BCUT2D eigenvalue weighted by Gasteiger charge is 2.26. The molecule has 0 aliphatic carbocycles. The molecular formula is C22H24N2O4S. The van der Waals surface area contributed by atoms with Crippen molar-refractivity contribution in [3.05, 3.63) is 66.7 Å². The van der Waals surface area contributed by atoms with Crippen molar-refractivity contribution in [3.63, 3.8) is 0 Å². The van der Waals surface area contributed by atoms with Gasteiger partial charge in [0.05, 0.1) is 10.6 Å². The smallest absolute Gasteiger partial charge is 0.228 e. The lowest BCUT2D eigenvalue weighted by molar-refractivity contribution is -0.118. The highest BCUT2D eigenvalue weighted by molar-refractivity contribution is 7.91. The average Bonchev–Trinajstić information content (AvgIpc) is 3.14. The molecule has 0 bridgehead atoms. The van der Waals surface area contributed by atoms with Crippen LogP contribution in [0.2, 0.25) is 0 Å². The van der Waals surface area contributed by atoms with E-state index in [1.54, 1.807) is 35.2 Å². The Balaban J connectivity index is 1.73. The predicted octanol–water partition coefficient (Wildman–Crippen LogP) is 2.98. The van der Waals surface area contributed by atoms with Gasteiger partial charge in [-0.25, -0.2) is 8.42 Å². The van der Waals surface area contributed by atoms with E-state index < -0.39 is 9.84 Å². The first-order chi connectivity index (χ1) is 13.8. The number of anilines is 2. The first-order valence-corrected chi connectivity index (χ1v) is 11.1. The molecule has 1 heterocycles. The zero-order valence-corrected chi connectivity index (χ0v) is 17.2. The number of hydrogen-bond donors (Lipinski definition) is 0. The average molecular weight is 413 g/mol. The maximum Gasteiger partial charge on any atom is 0.228 e. The summed E-state index contributed by atoms with van der Waals surface area (Å²) in [4.78, 5) is 27.7. The van der Waals surface area contributed by atoms with Crippen LogP contribution in [0.15, 0.2) is 66.1 Å². The van der Waals surface area contributed by atoms with E-state index in [1.165, 1.54) is 17.9 Å². The quantitative estimate of drug-likeness (QED) is 0.656. The lowest BCUT2D eigenvalue weighted by atomic mass is 10.2. The normalized spacial score (nSPS) is 13.1. The molecule has 29 heavy (non-hydrogen) atoms. The number of para-hydroxylation sites is 1. The summed E-state index contributed by atoms with van der Waals surface area (Å²) in [6.45, 7) is 6.03. The molecule has 0 fully saturated rings. The van der Waals surface area contributed by atoms with Crippen LogP contribution in [0.3, 0.4) is 0 Å². The Morgan fingerprint density at radius 3 is 2.55 bits per heavy atom. The van der Waals surface area contributed by atoms with Crippen LogP contribution >= 0.6 is 0 Å². The molecule has 0 unspecified atom stereocenters. The van der Waals surface area contributed by atoms with E-state index in [9.17, 15) is 18.0 Å². The molecule has 0 spiro atoms. The van der Waals surface area contributed by atoms with Gasteiger partial charge in [0.1, 0.15) is 0 Å². The maximum absolute atomic E-state index is 12.8. The third-order valence-corrected chi connectivity index (χ3v) is 6.66. The third-order valence-electron chi connectivity index (χ3n) is 4.95. The van der Waals surface area contributed by atoms with E-state index in [2.05, 4.69) is 6.58 Å². The molecule has 7 heteroatoms. The van der Waals surface area contributed by atoms with E-state index >= 15 is 0 Å². The largest absolute Gasteiger partial charge is 0.312 e. The molecule has 0 aromatic heterocycles. The molecular weight excluding hydrogens is 388 g/mol. The van der Waals surface area contributed by atoms with E-state index in [1.807, 2.05) is 18.2 Å². The van der Waals surface area contributed by atoms with Crippen molar-refractivity contribution in [2.45, 2.75) is 24.7 Å². The van der Waals surface area contributed by atoms with Gasteiger partial charge in [-0.2, -0.15) is 0 Å². The van der Waals surface area contributed by atoms with Gasteiger partial charge < -0.3 is 9.80 Å². The van der Waals surface area contributed by atoms with Crippen molar-refractivity contribution in [1.82, 2.24) is 0 Å². The number of sulfone groups is 1. The van der Waals surface area contributed by atoms with Crippen molar-refractivity contribution < 1.29 is 18.0 Å². The minimum absolute atomic E-state index is 0.0619. The second-order valence-corrected chi connectivity index (χ2v) is 9.02. The van der Waals surface area contributed by atoms with Gasteiger partial charge in [-0.15, -0.1) is 6.58 Å². The molecule has 0 saturated carbocycles. The lowest BCUT2D eigenvalue weighted by Gasteiger charge is -2.21. The van der Waals surface area contributed by atoms with Gasteiger partial charge in [0.25, 0.3) is 0 Å². The van der Waals surface area contributed by atoms with Crippen LogP contribution in [-0.4, -0.2) is 39.1 Å². The van der Waals surface area contributed by atoms with Crippen molar-refractivity contribution in [1.29, 1.82) is 0 Å². The van der Waals surface area contributed by atoms with Crippen molar-refractivity contribution in [3.8, 4) is 0 Å². The Kier molecular flexibility index (Phi) is 6.17. The monoisotopic (exact) mass is 412 g/mol. The first kappa shape index (κ1) is 20.8. The van der Waals surface area contributed by atoms with Gasteiger partial charge in [0.2, 0.25) is 11.8 Å². The van der Waals surface area contributed by atoms with E-state index in [-0.39, 0.29) is 28.9 Å². The Morgan fingerprint density at radius 2 is 1.90 bits per heavy atom. The summed E-state index contributed by atoms with van der Waals surface area (Å²) in [5.41, 5.74) is 2.30. The minimum atomic E-state index is -3.62. The number of rotatable bonds is 7. The summed E-state index contributed by atoms with van der Waals surface area (Å²) < 4.78 is 25.6. The summed E-state index contributed by atoms with van der Waals surface area (Å²) in [6.07, 6.45) is 2.11. The first-order valence-electron chi connectivity index (χ1n) is 9.43. The van der Waals surface area contributed by atoms with Gasteiger partial charge in [0, 0.05) is 37.8 Å². The minimum Gasteiger partial charge on any atom is -0.312 e. The van der Waals surface area contributed by atoms with Crippen LogP contribution in [-0.2, 0) is 25.8 Å². The lowest BCUT2D eigenvalue weighted by Crippen LogP contribution is -2.32. The summed E-state index contributed by atoms with van der Waals surface area (Å²) in [7, 11) is -3.62. The van der Waals surface area contributed by atoms with E-state index in [4.69, 9.17) is 0 Å². The molecule has 0 radical (unpaired) electrons. The van der Waals surface area contributed by atoms with Crippen molar-refractivity contribution in [2.24, 2.45) is 0 Å².